The molecule has 2 saturated carbocycles. The van der Waals surface area contributed by atoms with Gasteiger partial charge in [0.15, 0.2) is 0 Å². The Labute approximate surface area is 162 Å². The minimum Gasteiger partial charge on any atom is -0.393 e. The van der Waals surface area contributed by atoms with Crippen molar-refractivity contribution >= 4 is 0 Å². The number of fused-ring (bicyclic) bond motifs is 1. The molecule has 4 atom stereocenters. The lowest BCUT2D eigenvalue weighted by Crippen LogP contribution is -2.30. The van der Waals surface area contributed by atoms with Gasteiger partial charge in [-0.3, -0.25) is 0 Å². The number of hydrogen-bond acceptors (Lipinski definition) is 2. The Morgan fingerprint density at radius 2 is 2.15 bits per heavy atom. The van der Waals surface area contributed by atoms with E-state index < -0.39 is 12.3 Å². The number of allylic oxidation sites excluding steroid dienone is 7. The molecule has 0 amide bonds. The van der Waals surface area contributed by atoms with E-state index in [4.69, 9.17) is 5.11 Å². The van der Waals surface area contributed by atoms with E-state index in [1.807, 2.05) is 12.2 Å². The van der Waals surface area contributed by atoms with Crippen molar-refractivity contribution in [3.05, 3.63) is 59.3 Å². The van der Waals surface area contributed by atoms with Crippen LogP contribution in [0.3, 0.4) is 0 Å². The van der Waals surface area contributed by atoms with Gasteiger partial charge in [0, 0.05) is 6.42 Å². The van der Waals surface area contributed by atoms with Gasteiger partial charge in [-0.15, -0.1) is 0 Å². The molecule has 3 aliphatic carbocycles. The summed E-state index contributed by atoms with van der Waals surface area (Å²) in [4.78, 5) is 0. The van der Waals surface area contributed by atoms with Crippen LogP contribution in [-0.2, 0) is 0 Å². The molecule has 0 heterocycles. The van der Waals surface area contributed by atoms with E-state index in [1.54, 1.807) is 5.57 Å². The fourth-order valence-electron chi connectivity index (χ4n) is 5.16. The minimum atomic E-state index is -1.12. The van der Waals surface area contributed by atoms with E-state index >= 15 is 0 Å². The van der Waals surface area contributed by atoms with Gasteiger partial charge >= 0.3 is 0 Å². The fourth-order valence-corrected chi connectivity index (χ4v) is 5.16. The number of hydrogen-bond donors (Lipinski definition) is 2. The molecule has 148 valence electrons. The minimum absolute atomic E-state index is 0.111. The number of aliphatic hydroxyl groups excluding tert-OH is 2. The van der Waals surface area contributed by atoms with Crippen LogP contribution in [0.25, 0.3) is 0 Å². The van der Waals surface area contributed by atoms with E-state index in [2.05, 4.69) is 31.7 Å². The van der Waals surface area contributed by atoms with E-state index in [-0.39, 0.29) is 18.4 Å². The van der Waals surface area contributed by atoms with Crippen LogP contribution < -0.4 is 0 Å². The highest BCUT2D eigenvalue weighted by molar-refractivity contribution is 5.40. The third kappa shape index (κ3) is 4.35. The van der Waals surface area contributed by atoms with Crippen LogP contribution in [0.15, 0.2) is 59.3 Å². The summed E-state index contributed by atoms with van der Waals surface area (Å²) in [5.74, 6) is 0.530. The Morgan fingerprint density at radius 3 is 2.93 bits per heavy atom. The summed E-state index contributed by atoms with van der Waals surface area (Å²) in [6.07, 6.45) is 16.1. The van der Waals surface area contributed by atoms with Gasteiger partial charge in [0.05, 0.1) is 12.7 Å². The molecule has 3 heteroatoms. The lowest BCUT2D eigenvalue weighted by atomic mass is 9.63. The number of aliphatic hydroxyl groups is 2. The standard InChI is InChI=1S/C24H33FO2/c1-17-19(15-21(27)16-23(17)25)10-9-18-7-6-13-24(2)20(11-12-22(18)24)8-4-3-5-14-26/h3,5,9-11,21-23,26-27H,1,4,6-8,12-16H2,2H3/b5-3+,18-9-,19-10+. The molecule has 0 radical (unpaired) electrons. The zero-order valence-electron chi connectivity index (χ0n) is 16.5. The highest BCUT2D eigenvalue weighted by atomic mass is 19.1. The van der Waals surface area contributed by atoms with Crippen LogP contribution in [0.5, 0.6) is 0 Å². The summed E-state index contributed by atoms with van der Waals surface area (Å²) in [5, 5.41) is 18.8. The van der Waals surface area contributed by atoms with Crippen LogP contribution in [-0.4, -0.2) is 29.1 Å². The zero-order chi connectivity index (χ0) is 19.4. The molecule has 2 nitrogen and oxygen atoms in total. The molecule has 2 fully saturated rings. The molecular weight excluding hydrogens is 339 g/mol. The molecule has 3 rings (SSSR count). The predicted molar refractivity (Wildman–Crippen MR) is 109 cm³/mol. The van der Waals surface area contributed by atoms with Crippen LogP contribution in [0.1, 0.15) is 58.3 Å². The molecule has 0 spiro atoms. The Balaban J connectivity index is 1.73. The molecule has 27 heavy (non-hydrogen) atoms. The van der Waals surface area contributed by atoms with Gasteiger partial charge in [-0.25, -0.2) is 4.39 Å². The smallest absolute Gasteiger partial charge is 0.127 e. The molecule has 0 aromatic rings. The van der Waals surface area contributed by atoms with Crippen molar-refractivity contribution in [1.29, 1.82) is 0 Å². The number of rotatable bonds is 5. The zero-order valence-corrected chi connectivity index (χ0v) is 16.5. The monoisotopic (exact) mass is 372 g/mol. The number of alkyl halides is 1. The summed E-state index contributed by atoms with van der Waals surface area (Å²) >= 11 is 0. The van der Waals surface area contributed by atoms with Crippen LogP contribution in [0.2, 0.25) is 0 Å². The Kier molecular flexibility index (Phi) is 6.54. The Bertz CT molecular complexity index is 684. The van der Waals surface area contributed by atoms with E-state index in [9.17, 15) is 9.50 Å². The van der Waals surface area contributed by atoms with Crippen LogP contribution >= 0.6 is 0 Å². The summed E-state index contributed by atoms with van der Waals surface area (Å²) in [7, 11) is 0. The SMILES string of the molecule is C=C1/C(=C/C=C2/CCCC3(C)C(CC/C=C/CO)=CCC23)CC(O)CC1F. The molecule has 0 bridgehead atoms. The van der Waals surface area contributed by atoms with E-state index in [0.717, 1.165) is 31.3 Å². The van der Waals surface area contributed by atoms with E-state index in [1.165, 1.54) is 18.4 Å². The van der Waals surface area contributed by atoms with Crippen molar-refractivity contribution < 1.29 is 14.6 Å². The van der Waals surface area contributed by atoms with Gasteiger partial charge in [0.25, 0.3) is 0 Å². The highest BCUT2D eigenvalue weighted by Gasteiger charge is 2.44. The average molecular weight is 373 g/mol. The summed E-state index contributed by atoms with van der Waals surface area (Å²) in [5.41, 5.74) is 4.63. The second-order valence-corrected chi connectivity index (χ2v) is 8.50. The topological polar surface area (TPSA) is 40.5 Å². The first kappa shape index (κ1) is 20.3. The average Bonchev–Trinajstić information content (AvgIpc) is 2.97. The van der Waals surface area contributed by atoms with Crippen molar-refractivity contribution in [2.45, 2.75) is 70.6 Å². The Hall–Kier alpha value is -1.45. The largest absolute Gasteiger partial charge is 0.393 e. The lowest BCUT2D eigenvalue weighted by Gasteiger charge is -2.41. The highest BCUT2D eigenvalue weighted by Crippen LogP contribution is 2.55. The molecular formula is C24H33FO2. The van der Waals surface area contributed by atoms with Gasteiger partial charge in [-0.1, -0.05) is 55.0 Å². The predicted octanol–water partition coefficient (Wildman–Crippen LogP) is 5.35. The maximum atomic E-state index is 14.0. The second-order valence-electron chi connectivity index (χ2n) is 8.50. The fraction of sp³-hybridized carbons (Fsp3) is 0.583. The number of halogens is 1. The summed E-state index contributed by atoms with van der Waals surface area (Å²) in [6, 6.07) is 0. The van der Waals surface area contributed by atoms with Gasteiger partial charge in [0.1, 0.15) is 6.17 Å². The first-order valence-corrected chi connectivity index (χ1v) is 10.3. The van der Waals surface area contributed by atoms with Gasteiger partial charge < -0.3 is 10.2 Å². The van der Waals surface area contributed by atoms with Crippen molar-refractivity contribution in [1.82, 2.24) is 0 Å². The first-order chi connectivity index (χ1) is 13.0. The van der Waals surface area contributed by atoms with Crippen molar-refractivity contribution in [3.8, 4) is 0 Å². The van der Waals surface area contributed by atoms with Crippen LogP contribution in [0.4, 0.5) is 4.39 Å². The first-order valence-electron chi connectivity index (χ1n) is 10.3. The molecule has 0 aliphatic heterocycles. The van der Waals surface area contributed by atoms with Crippen LogP contribution in [0, 0.1) is 11.3 Å². The normalized spacial score (nSPS) is 37.3. The van der Waals surface area contributed by atoms with Gasteiger partial charge in [-0.2, -0.15) is 0 Å². The van der Waals surface area contributed by atoms with Gasteiger partial charge in [0.2, 0.25) is 0 Å². The lowest BCUT2D eigenvalue weighted by molar-refractivity contribution is 0.124. The van der Waals surface area contributed by atoms with E-state index in [0.29, 0.717) is 17.9 Å². The molecule has 2 N–H and O–H groups in total. The Morgan fingerprint density at radius 1 is 1.33 bits per heavy atom. The molecule has 0 aromatic heterocycles. The third-order valence-electron chi connectivity index (χ3n) is 6.79. The second kappa shape index (κ2) is 8.70. The van der Waals surface area contributed by atoms with Crippen molar-refractivity contribution in [2.75, 3.05) is 6.61 Å². The summed E-state index contributed by atoms with van der Waals surface area (Å²) < 4.78 is 14.0. The maximum absolute atomic E-state index is 14.0. The third-order valence-corrected chi connectivity index (χ3v) is 6.79. The molecule has 0 aromatic carbocycles. The van der Waals surface area contributed by atoms with Gasteiger partial charge in [-0.05, 0) is 67.4 Å². The maximum Gasteiger partial charge on any atom is 0.127 e. The van der Waals surface area contributed by atoms with Crippen molar-refractivity contribution in [2.24, 2.45) is 11.3 Å². The molecule has 3 aliphatic rings. The summed E-state index contributed by atoms with van der Waals surface area (Å²) in [6.45, 7) is 6.41. The molecule has 0 saturated heterocycles. The quantitative estimate of drug-likeness (QED) is 0.638. The van der Waals surface area contributed by atoms with Crippen molar-refractivity contribution in [3.63, 3.8) is 0 Å². The molecule has 4 unspecified atom stereocenters.